The number of rotatable bonds is 13. The number of nitrogens with one attached hydrogen (secondary N) is 3. The number of halogens is 1. The number of nitro benzene ring substituents is 1. The number of hydrogen-bond acceptors (Lipinski definition) is 11. The quantitative estimate of drug-likeness (QED) is 0.0764. The summed E-state index contributed by atoms with van der Waals surface area (Å²) in [6.45, 7) is 10.3. The highest BCUT2D eigenvalue weighted by Gasteiger charge is 2.31. The van der Waals surface area contributed by atoms with Crippen LogP contribution in [0.2, 0.25) is 5.02 Å². The fourth-order valence-corrected chi connectivity index (χ4v) is 9.62. The average molecular weight is 868 g/mol. The monoisotopic (exact) mass is 867 g/mol. The number of anilines is 2. The minimum Gasteiger partial charge on any atom is -0.454 e. The summed E-state index contributed by atoms with van der Waals surface area (Å²) in [6, 6.07) is 20.4. The molecule has 2 fully saturated rings. The molecule has 14 nitrogen and oxygen atoms in total. The van der Waals surface area contributed by atoms with Gasteiger partial charge in [-0.1, -0.05) is 43.2 Å². The lowest BCUT2D eigenvalue weighted by Gasteiger charge is -2.39. The highest BCUT2D eigenvalue weighted by atomic mass is 35.5. The molecule has 1 aliphatic carbocycles. The first-order valence-electron chi connectivity index (χ1n) is 20.7. The van der Waals surface area contributed by atoms with E-state index in [1.165, 1.54) is 41.1 Å². The second-order valence-corrected chi connectivity index (χ2v) is 19.0. The van der Waals surface area contributed by atoms with Gasteiger partial charge in [-0.25, -0.2) is 18.1 Å². The maximum atomic E-state index is 14.0. The van der Waals surface area contributed by atoms with Crippen LogP contribution in [0.5, 0.6) is 11.5 Å². The van der Waals surface area contributed by atoms with Crippen LogP contribution < -0.4 is 19.7 Å². The number of H-pyrrole nitrogens is 1. The predicted molar refractivity (Wildman–Crippen MR) is 237 cm³/mol. The van der Waals surface area contributed by atoms with Crippen LogP contribution in [0, 0.1) is 21.4 Å². The molecule has 61 heavy (non-hydrogen) atoms. The molecular formula is C45H50ClN7O7S. The van der Waals surface area contributed by atoms with Crippen molar-refractivity contribution >= 4 is 61.2 Å². The number of aromatic amines is 1. The minimum atomic E-state index is -4.56. The molecule has 0 bridgehead atoms. The Hall–Kier alpha value is -5.48. The van der Waals surface area contributed by atoms with Crippen LogP contribution in [-0.2, 0) is 14.8 Å². The number of piperazine rings is 1. The highest BCUT2D eigenvalue weighted by molar-refractivity contribution is 7.90. The number of sulfonamides is 1. The van der Waals surface area contributed by atoms with Crippen molar-refractivity contribution in [3.05, 3.63) is 117 Å². The first-order valence-corrected chi connectivity index (χ1v) is 22.5. The maximum absolute atomic E-state index is 14.0. The van der Waals surface area contributed by atoms with E-state index in [1.54, 1.807) is 24.4 Å². The number of carbonyl (C=O) groups excluding carboxylic acids is 1. The third kappa shape index (κ3) is 10.0. The van der Waals surface area contributed by atoms with Crippen molar-refractivity contribution in [2.75, 3.05) is 62.7 Å². The van der Waals surface area contributed by atoms with E-state index < -0.39 is 20.9 Å². The molecule has 16 heteroatoms. The molecule has 8 rings (SSSR count). The zero-order chi connectivity index (χ0) is 42.7. The van der Waals surface area contributed by atoms with Crippen LogP contribution >= 0.6 is 11.6 Å². The van der Waals surface area contributed by atoms with Crippen LogP contribution in [-0.4, -0.2) is 86.6 Å². The summed E-state index contributed by atoms with van der Waals surface area (Å²) >= 11 is 6.24. The Morgan fingerprint density at radius 1 is 1.03 bits per heavy atom. The van der Waals surface area contributed by atoms with Crippen molar-refractivity contribution in [1.82, 2.24) is 19.6 Å². The van der Waals surface area contributed by atoms with Crippen molar-refractivity contribution in [2.24, 2.45) is 11.3 Å². The molecule has 5 aromatic rings. The summed E-state index contributed by atoms with van der Waals surface area (Å²) in [5.41, 5.74) is 5.44. The molecule has 0 unspecified atom stereocenters. The summed E-state index contributed by atoms with van der Waals surface area (Å²) in [5.74, 6) is -0.423. The molecule has 0 radical (unpaired) electrons. The van der Waals surface area contributed by atoms with Gasteiger partial charge in [-0.2, -0.15) is 0 Å². The van der Waals surface area contributed by atoms with E-state index in [-0.39, 0.29) is 33.0 Å². The first-order chi connectivity index (χ1) is 29.3. The maximum Gasteiger partial charge on any atom is 0.293 e. The van der Waals surface area contributed by atoms with E-state index in [0.717, 1.165) is 73.9 Å². The molecule has 2 aromatic heterocycles. The van der Waals surface area contributed by atoms with Gasteiger partial charge in [0.25, 0.3) is 21.6 Å². The number of nitro groups is 1. The van der Waals surface area contributed by atoms with Gasteiger partial charge in [0.05, 0.1) is 11.1 Å². The van der Waals surface area contributed by atoms with Crippen molar-refractivity contribution in [1.29, 1.82) is 0 Å². The lowest BCUT2D eigenvalue weighted by Crippen LogP contribution is -2.47. The number of fused-ring (bicyclic) bond motifs is 1. The van der Waals surface area contributed by atoms with Gasteiger partial charge in [0.15, 0.2) is 0 Å². The van der Waals surface area contributed by atoms with Gasteiger partial charge in [-0.15, -0.1) is 0 Å². The molecule has 2 aliphatic heterocycles. The highest BCUT2D eigenvalue weighted by Crippen LogP contribution is 2.43. The molecule has 4 heterocycles. The number of carbonyl (C=O) groups is 1. The Labute approximate surface area is 360 Å². The van der Waals surface area contributed by atoms with E-state index in [9.17, 15) is 23.3 Å². The van der Waals surface area contributed by atoms with Gasteiger partial charge in [-0.3, -0.25) is 19.8 Å². The summed E-state index contributed by atoms with van der Waals surface area (Å²) in [4.78, 5) is 36.8. The molecule has 0 atom stereocenters. The standard InChI is InChI=1S/C45H50ClN7O7S/c1-45(2)15-11-34(38(26-45)31-3-6-35(46)7-4-31)29-51-17-19-52(20-18-51)36-8-10-42(41(25-36)60-37-23-32-12-16-47-43(32)49-28-37)61(57,58)50-44(54)33-5-9-39(40(24-33)53(55)56)48-27-30-13-21-59-22-14-30/h3-10,12,16,23-25,28,30,48H,11,13-15,17-22,26-27,29H2,1-2H3,(H,47,49)(H,50,54). The van der Waals surface area contributed by atoms with Gasteiger partial charge in [0, 0.05) is 92.5 Å². The topological polar surface area (TPSA) is 172 Å². The first kappa shape index (κ1) is 42.2. The molecule has 320 valence electrons. The van der Waals surface area contributed by atoms with Crippen molar-refractivity contribution in [2.45, 2.75) is 50.8 Å². The molecule has 3 aliphatic rings. The fraction of sp³-hybridized carbons (Fsp3) is 0.378. The molecule has 2 saturated heterocycles. The molecule has 3 aromatic carbocycles. The Morgan fingerprint density at radius 3 is 2.56 bits per heavy atom. The molecule has 1 amide bonds. The molecule has 0 spiro atoms. The lowest BCUT2D eigenvalue weighted by molar-refractivity contribution is -0.384. The minimum absolute atomic E-state index is 0.00172. The summed E-state index contributed by atoms with van der Waals surface area (Å²) in [5, 5.41) is 16.7. The summed E-state index contributed by atoms with van der Waals surface area (Å²) in [6.07, 6.45) is 8.10. The second-order valence-electron chi connectivity index (χ2n) is 16.9. The Kier molecular flexibility index (Phi) is 12.4. The van der Waals surface area contributed by atoms with Gasteiger partial charge in [-0.05, 0) is 103 Å². The van der Waals surface area contributed by atoms with Crippen molar-refractivity contribution in [3.63, 3.8) is 0 Å². The zero-order valence-electron chi connectivity index (χ0n) is 34.3. The molecule has 0 saturated carbocycles. The summed E-state index contributed by atoms with van der Waals surface area (Å²) < 4.78 is 41.9. The number of ether oxygens (including phenoxy) is 2. The van der Waals surface area contributed by atoms with Gasteiger partial charge in [0.1, 0.15) is 27.7 Å². The summed E-state index contributed by atoms with van der Waals surface area (Å²) in [7, 11) is -4.56. The third-order valence-electron chi connectivity index (χ3n) is 12.0. The Morgan fingerprint density at radius 2 is 1.80 bits per heavy atom. The number of nitrogens with zero attached hydrogens (tertiary/aromatic N) is 4. The van der Waals surface area contributed by atoms with E-state index in [2.05, 4.69) is 55.8 Å². The fourth-order valence-electron chi connectivity index (χ4n) is 8.41. The van der Waals surface area contributed by atoms with Crippen LogP contribution in [0.4, 0.5) is 17.1 Å². The number of allylic oxidation sites excluding steroid dienone is 1. The van der Waals surface area contributed by atoms with Gasteiger partial charge >= 0.3 is 0 Å². The smallest absolute Gasteiger partial charge is 0.293 e. The Balaban J connectivity index is 1.01. The Bertz CT molecular complexity index is 2560. The number of amides is 1. The van der Waals surface area contributed by atoms with Gasteiger partial charge in [0.2, 0.25) is 0 Å². The predicted octanol–water partition coefficient (Wildman–Crippen LogP) is 8.66. The van der Waals surface area contributed by atoms with Crippen LogP contribution in [0.1, 0.15) is 61.9 Å². The van der Waals surface area contributed by atoms with Crippen LogP contribution in [0.25, 0.3) is 16.6 Å². The van der Waals surface area contributed by atoms with Crippen molar-refractivity contribution < 1.29 is 27.6 Å². The SMILES string of the molecule is CC1(C)CCC(CN2CCN(c3ccc(S(=O)(=O)NC(=O)c4ccc(NCC5CCOCC5)c([N+](=O)[O-])c4)c(Oc4cnc5[nH]ccc5c4)c3)CC2)=C(c2ccc(Cl)cc2)C1. The number of benzene rings is 3. The van der Waals surface area contributed by atoms with E-state index in [4.69, 9.17) is 21.1 Å². The third-order valence-corrected chi connectivity index (χ3v) is 13.6. The average Bonchev–Trinajstić information content (AvgIpc) is 3.72. The van der Waals surface area contributed by atoms with Crippen LogP contribution in [0.15, 0.2) is 95.7 Å². The van der Waals surface area contributed by atoms with E-state index >= 15 is 0 Å². The molecular weight excluding hydrogens is 818 g/mol. The number of pyridine rings is 1. The lowest BCUT2D eigenvalue weighted by atomic mass is 9.72. The number of hydrogen-bond donors (Lipinski definition) is 3. The van der Waals surface area contributed by atoms with Crippen molar-refractivity contribution in [3.8, 4) is 11.5 Å². The number of aromatic nitrogens is 2. The van der Waals surface area contributed by atoms with E-state index in [0.29, 0.717) is 50.2 Å². The van der Waals surface area contributed by atoms with Gasteiger partial charge < -0.3 is 24.7 Å². The second kappa shape index (κ2) is 17.9. The zero-order valence-corrected chi connectivity index (χ0v) is 35.9. The normalized spacial score (nSPS) is 17.7. The van der Waals surface area contributed by atoms with E-state index in [1.807, 2.05) is 18.2 Å². The molecule has 3 N–H and O–H groups in total. The van der Waals surface area contributed by atoms with Crippen LogP contribution in [0.3, 0.4) is 0 Å². The largest absolute Gasteiger partial charge is 0.454 e.